The second-order valence-electron chi connectivity index (χ2n) is 11.5. The predicted molar refractivity (Wildman–Crippen MR) is 154 cm³/mol. The van der Waals surface area contributed by atoms with Crippen molar-refractivity contribution >= 4 is 23.2 Å². The lowest BCUT2D eigenvalue weighted by Crippen LogP contribution is -2.44. The summed E-state index contributed by atoms with van der Waals surface area (Å²) in [5.41, 5.74) is 19.2. The molecule has 4 aromatic rings. The summed E-state index contributed by atoms with van der Waals surface area (Å²) in [5.74, 6) is 0.656. The molecule has 0 bridgehead atoms. The number of fused-ring (bicyclic) bond motifs is 2. The highest BCUT2D eigenvalue weighted by atomic mass is 16.2. The van der Waals surface area contributed by atoms with Crippen LogP contribution in [-0.2, 0) is 13.5 Å². The molecule has 0 saturated carbocycles. The van der Waals surface area contributed by atoms with Gasteiger partial charge in [0.25, 0.3) is 5.91 Å². The van der Waals surface area contributed by atoms with Crippen molar-refractivity contribution in [2.45, 2.75) is 38.1 Å². The first-order valence-electron chi connectivity index (χ1n) is 13.9. The molecule has 1 fully saturated rings. The number of nitrogen functional groups attached to an aromatic ring is 1. The number of benzene rings is 1. The Balaban J connectivity index is 1.07. The fraction of sp³-hybridized carbons (Fsp3) is 0.367. The Morgan fingerprint density at radius 3 is 2.58 bits per heavy atom. The van der Waals surface area contributed by atoms with Crippen LogP contribution in [0.3, 0.4) is 0 Å². The zero-order valence-corrected chi connectivity index (χ0v) is 22.8. The Morgan fingerprint density at radius 2 is 1.85 bits per heavy atom. The van der Waals surface area contributed by atoms with Gasteiger partial charge in [0.1, 0.15) is 11.5 Å². The average Bonchev–Trinajstić information content (AvgIpc) is 3.63. The number of nitrogens with two attached hydrogens (primary N) is 2. The predicted octanol–water partition coefficient (Wildman–Crippen LogP) is 3.46. The van der Waals surface area contributed by atoms with Gasteiger partial charge in [-0.25, -0.2) is 15.0 Å². The number of rotatable bonds is 3. The number of pyridine rings is 1. The van der Waals surface area contributed by atoms with Crippen molar-refractivity contribution in [3.05, 3.63) is 77.4 Å². The van der Waals surface area contributed by atoms with Crippen LogP contribution < -0.4 is 21.3 Å². The van der Waals surface area contributed by atoms with Crippen molar-refractivity contribution < 1.29 is 4.79 Å². The zero-order valence-electron chi connectivity index (χ0n) is 22.8. The van der Waals surface area contributed by atoms with Gasteiger partial charge in [-0.1, -0.05) is 31.2 Å². The third-order valence-electron chi connectivity index (χ3n) is 9.00. The Bertz CT molecular complexity index is 1620. The molecule has 1 aliphatic carbocycles. The largest absolute Gasteiger partial charge is 0.382 e. The zero-order chi connectivity index (χ0) is 27.6. The third-order valence-corrected chi connectivity index (χ3v) is 9.00. The maximum absolute atomic E-state index is 13.6. The third kappa shape index (κ3) is 3.85. The lowest BCUT2D eigenvalue weighted by Gasteiger charge is -2.42. The van der Waals surface area contributed by atoms with Crippen molar-refractivity contribution in [1.82, 2.24) is 24.7 Å². The number of aryl methyl sites for hydroxylation is 1. The number of carbonyl (C=O) groups is 1. The molecule has 10 heteroatoms. The lowest BCUT2D eigenvalue weighted by atomic mass is 9.73. The van der Waals surface area contributed by atoms with Crippen molar-refractivity contribution in [3.63, 3.8) is 0 Å². The van der Waals surface area contributed by atoms with E-state index in [0.29, 0.717) is 12.4 Å². The van der Waals surface area contributed by atoms with Gasteiger partial charge >= 0.3 is 0 Å². The summed E-state index contributed by atoms with van der Waals surface area (Å²) in [6, 6.07) is 14.4. The van der Waals surface area contributed by atoms with Crippen LogP contribution in [0.25, 0.3) is 11.4 Å². The molecular formula is C30H33N9O. The summed E-state index contributed by atoms with van der Waals surface area (Å²) in [5, 5.41) is 4.45. The minimum Gasteiger partial charge on any atom is -0.382 e. The van der Waals surface area contributed by atoms with Gasteiger partial charge in [0.15, 0.2) is 11.5 Å². The summed E-state index contributed by atoms with van der Waals surface area (Å²) in [6.07, 6.45) is 6.53. The molecule has 4 N–H and O–H groups in total. The maximum atomic E-state index is 13.6. The molecule has 0 radical (unpaired) electrons. The fourth-order valence-corrected chi connectivity index (χ4v) is 6.73. The van der Waals surface area contributed by atoms with Gasteiger partial charge in [0.2, 0.25) is 0 Å². The van der Waals surface area contributed by atoms with E-state index in [1.54, 1.807) is 15.8 Å². The molecule has 1 aromatic carbocycles. The van der Waals surface area contributed by atoms with Gasteiger partial charge in [-0.05, 0) is 54.0 Å². The van der Waals surface area contributed by atoms with E-state index in [1.165, 1.54) is 11.1 Å². The van der Waals surface area contributed by atoms with Gasteiger partial charge in [0, 0.05) is 44.8 Å². The Hall–Kier alpha value is -4.31. The van der Waals surface area contributed by atoms with E-state index in [4.69, 9.17) is 16.5 Å². The molecular weight excluding hydrogens is 502 g/mol. The van der Waals surface area contributed by atoms with E-state index in [-0.39, 0.29) is 34.8 Å². The molecule has 1 spiro atoms. The van der Waals surface area contributed by atoms with E-state index in [1.807, 2.05) is 31.4 Å². The number of hydrogen-bond acceptors (Lipinski definition) is 8. The van der Waals surface area contributed by atoms with Crippen LogP contribution in [0.1, 0.15) is 59.0 Å². The standard InChI is InChI=1S/C30H33N9O/c1-18-17-39(23-8-7-21(34-25(18)23)22-9-12-37(2)36-22)29(40)26-28(32)35-24(16-33-26)38-13-10-30(11-14-38)15-19-5-3-4-6-20(19)27(30)31/h3-9,12,16,18,27H,10-11,13-15,17,31H2,1-2H3,(H2,32,35)/t18?,27-/m1/s1. The smallest absolute Gasteiger partial charge is 0.280 e. The van der Waals surface area contributed by atoms with E-state index in [2.05, 4.69) is 51.2 Å². The SMILES string of the molecule is CC1CN(C(=O)c2ncc(N3CCC4(CC3)Cc3ccccc3[C@H]4N)nc2N)c2ccc(-c3ccn(C)n3)nc21. The van der Waals surface area contributed by atoms with E-state index >= 15 is 0 Å². The van der Waals surface area contributed by atoms with Gasteiger partial charge < -0.3 is 21.3 Å². The number of carbonyl (C=O) groups excluding carboxylic acids is 1. The molecule has 2 atom stereocenters. The molecule has 10 nitrogen and oxygen atoms in total. The molecule has 1 saturated heterocycles. The van der Waals surface area contributed by atoms with Crippen LogP contribution in [0, 0.1) is 5.41 Å². The second-order valence-corrected chi connectivity index (χ2v) is 11.5. The molecule has 5 heterocycles. The lowest BCUT2D eigenvalue weighted by molar-refractivity contribution is 0.0984. The van der Waals surface area contributed by atoms with Crippen molar-refractivity contribution in [1.29, 1.82) is 0 Å². The summed E-state index contributed by atoms with van der Waals surface area (Å²) < 4.78 is 1.75. The molecule has 1 amide bonds. The highest BCUT2D eigenvalue weighted by Gasteiger charge is 2.46. The summed E-state index contributed by atoms with van der Waals surface area (Å²) in [4.78, 5) is 31.5. The Morgan fingerprint density at radius 1 is 1.05 bits per heavy atom. The first-order chi connectivity index (χ1) is 19.3. The van der Waals surface area contributed by atoms with Gasteiger partial charge in [0.05, 0.1) is 23.3 Å². The molecule has 204 valence electrons. The highest BCUT2D eigenvalue weighted by Crippen LogP contribution is 2.51. The summed E-state index contributed by atoms with van der Waals surface area (Å²) in [6.45, 7) is 4.22. The van der Waals surface area contributed by atoms with Crippen LogP contribution in [0.2, 0.25) is 0 Å². The normalized spacial score (nSPS) is 21.1. The fourth-order valence-electron chi connectivity index (χ4n) is 6.73. The van der Waals surface area contributed by atoms with Crippen LogP contribution in [0.15, 0.2) is 54.9 Å². The highest BCUT2D eigenvalue weighted by molar-refractivity contribution is 6.08. The first-order valence-corrected chi connectivity index (χ1v) is 13.9. The summed E-state index contributed by atoms with van der Waals surface area (Å²) in [7, 11) is 1.88. The Labute approximate surface area is 233 Å². The van der Waals surface area contributed by atoms with Gasteiger partial charge in [-0.15, -0.1) is 0 Å². The van der Waals surface area contributed by atoms with Crippen LogP contribution >= 0.6 is 0 Å². The van der Waals surface area contributed by atoms with Crippen molar-refractivity contribution in [2.24, 2.45) is 18.2 Å². The average molecular weight is 536 g/mol. The van der Waals surface area contributed by atoms with E-state index < -0.39 is 0 Å². The minimum atomic E-state index is -0.262. The quantitative estimate of drug-likeness (QED) is 0.408. The van der Waals surface area contributed by atoms with Crippen LogP contribution in [-0.4, -0.2) is 50.3 Å². The Kier molecular flexibility index (Phi) is 5.64. The number of anilines is 3. The molecule has 2 aliphatic heterocycles. The first kappa shape index (κ1) is 24.7. The minimum absolute atomic E-state index is 0.0576. The number of hydrogen-bond donors (Lipinski definition) is 2. The van der Waals surface area contributed by atoms with Gasteiger partial charge in [-0.2, -0.15) is 5.10 Å². The molecule has 1 unspecified atom stereocenters. The summed E-state index contributed by atoms with van der Waals surface area (Å²) >= 11 is 0. The van der Waals surface area contributed by atoms with E-state index in [0.717, 1.165) is 55.1 Å². The number of amides is 1. The number of nitrogens with zero attached hydrogens (tertiary/aromatic N) is 7. The topological polar surface area (TPSA) is 132 Å². The van der Waals surface area contributed by atoms with Crippen molar-refractivity contribution in [3.8, 4) is 11.4 Å². The molecule has 40 heavy (non-hydrogen) atoms. The van der Waals surface area contributed by atoms with Crippen LogP contribution in [0.5, 0.6) is 0 Å². The number of piperidine rings is 1. The maximum Gasteiger partial charge on any atom is 0.280 e. The monoisotopic (exact) mass is 535 g/mol. The van der Waals surface area contributed by atoms with Gasteiger partial charge in [-0.3, -0.25) is 9.48 Å². The second kappa shape index (κ2) is 9.12. The number of aromatic nitrogens is 5. The van der Waals surface area contributed by atoms with Crippen molar-refractivity contribution in [2.75, 3.05) is 35.2 Å². The van der Waals surface area contributed by atoms with Crippen LogP contribution in [0.4, 0.5) is 17.3 Å². The van der Waals surface area contributed by atoms with E-state index in [9.17, 15) is 4.79 Å². The molecule has 3 aromatic heterocycles. The molecule has 7 rings (SSSR count). The molecule has 3 aliphatic rings.